The molecule has 12 heteroatoms. The van der Waals surface area contributed by atoms with Crippen LogP contribution in [-0.2, 0) is 14.8 Å². The van der Waals surface area contributed by atoms with Crippen LogP contribution in [0.2, 0.25) is 0 Å². The van der Waals surface area contributed by atoms with Crippen molar-refractivity contribution >= 4 is 21.6 Å². The number of carbonyl (C=O) groups is 1. The van der Waals surface area contributed by atoms with Gasteiger partial charge in [0, 0.05) is 25.2 Å². The second kappa shape index (κ2) is 6.36. The van der Waals surface area contributed by atoms with E-state index in [0.717, 1.165) is 16.4 Å². The first-order valence-electron chi connectivity index (χ1n) is 6.64. The largest absolute Gasteiger partial charge is 0.471 e. The number of para-hydroxylation sites is 1. The number of amides is 1. The number of carbonyl (C=O) groups excluding carboxylic acids is 1. The first kappa shape index (κ1) is 18.1. The van der Waals surface area contributed by atoms with Gasteiger partial charge in [-0.05, 0) is 12.5 Å². The normalized spacial score (nSPS) is 19.2. The molecule has 1 saturated heterocycles. The maximum absolute atomic E-state index is 12.5. The van der Waals surface area contributed by atoms with Gasteiger partial charge in [0.25, 0.3) is 5.69 Å². The quantitative estimate of drug-likeness (QED) is 0.632. The maximum Gasteiger partial charge on any atom is 0.471 e. The summed E-state index contributed by atoms with van der Waals surface area (Å²) in [4.78, 5) is 20.4. The summed E-state index contributed by atoms with van der Waals surface area (Å²) in [5, 5.41) is 12.6. The van der Waals surface area contributed by atoms with E-state index in [4.69, 9.17) is 0 Å². The van der Waals surface area contributed by atoms with Crippen molar-refractivity contribution in [1.82, 2.24) is 9.62 Å². The molecule has 2 rings (SSSR count). The third-order valence-corrected chi connectivity index (χ3v) is 5.34. The van der Waals surface area contributed by atoms with E-state index in [1.807, 2.05) is 0 Å². The van der Waals surface area contributed by atoms with Gasteiger partial charge in [-0.2, -0.15) is 17.5 Å². The molecule has 0 aliphatic carbocycles. The van der Waals surface area contributed by atoms with Crippen LogP contribution in [0.25, 0.3) is 0 Å². The molecular weight excluding hydrogens is 355 g/mol. The van der Waals surface area contributed by atoms with Gasteiger partial charge in [0.15, 0.2) is 4.90 Å². The Morgan fingerprint density at radius 2 is 1.96 bits per heavy atom. The third kappa shape index (κ3) is 3.64. The number of benzene rings is 1. The standard InChI is InChI=1S/C12H12F3N3O5S/c13-12(14,15)11(19)16-8-5-6-17(7-8)24(22,23)10-4-2-1-3-9(10)18(20)21/h1-4,8H,5-7H2,(H,16,19). The molecule has 1 fully saturated rings. The van der Waals surface area contributed by atoms with Crippen LogP contribution in [0.5, 0.6) is 0 Å². The first-order chi connectivity index (χ1) is 11.0. The maximum atomic E-state index is 12.5. The van der Waals surface area contributed by atoms with E-state index in [0.29, 0.717) is 0 Å². The van der Waals surface area contributed by atoms with E-state index in [1.165, 1.54) is 12.1 Å². The molecule has 1 aliphatic rings. The van der Waals surface area contributed by atoms with Crippen molar-refractivity contribution in [2.75, 3.05) is 13.1 Å². The van der Waals surface area contributed by atoms with Gasteiger partial charge in [-0.15, -0.1) is 0 Å². The summed E-state index contributed by atoms with van der Waals surface area (Å²) in [6.45, 7) is -0.548. The lowest BCUT2D eigenvalue weighted by molar-refractivity contribution is -0.387. The molecule has 1 atom stereocenters. The molecule has 24 heavy (non-hydrogen) atoms. The van der Waals surface area contributed by atoms with Crippen LogP contribution >= 0.6 is 0 Å². The minimum atomic E-state index is -5.06. The molecule has 1 aliphatic heterocycles. The highest BCUT2D eigenvalue weighted by Crippen LogP contribution is 2.28. The predicted octanol–water partition coefficient (Wildman–Crippen LogP) is 1.04. The minimum Gasteiger partial charge on any atom is -0.344 e. The van der Waals surface area contributed by atoms with Crippen molar-refractivity contribution < 1.29 is 31.3 Å². The lowest BCUT2D eigenvalue weighted by Crippen LogP contribution is -2.44. The molecule has 1 amide bonds. The first-order valence-corrected chi connectivity index (χ1v) is 8.08. The number of hydrogen-bond acceptors (Lipinski definition) is 5. The lowest BCUT2D eigenvalue weighted by atomic mass is 10.2. The molecule has 0 radical (unpaired) electrons. The Bertz CT molecular complexity index is 765. The zero-order valence-corrected chi connectivity index (χ0v) is 12.8. The summed E-state index contributed by atoms with van der Waals surface area (Å²) >= 11 is 0. The molecule has 0 saturated carbocycles. The van der Waals surface area contributed by atoms with Crippen LogP contribution < -0.4 is 5.32 Å². The molecule has 1 aromatic carbocycles. The van der Waals surface area contributed by atoms with Gasteiger partial charge >= 0.3 is 12.1 Å². The number of halogens is 3. The minimum absolute atomic E-state index is 0.0261. The molecule has 0 aromatic heterocycles. The molecule has 1 unspecified atom stereocenters. The third-order valence-electron chi connectivity index (χ3n) is 3.42. The van der Waals surface area contributed by atoms with Crippen molar-refractivity contribution in [3.8, 4) is 0 Å². The molecule has 1 heterocycles. The van der Waals surface area contributed by atoms with Crippen molar-refractivity contribution in [1.29, 1.82) is 0 Å². The number of rotatable bonds is 4. The summed E-state index contributed by atoms with van der Waals surface area (Å²) in [5.41, 5.74) is -0.625. The molecule has 1 aromatic rings. The molecule has 132 valence electrons. The van der Waals surface area contributed by atoms with Gasteiger partial charge in [0.2, 0.25) is 10.0 Å². The Kier molecular flexibility index (Phi) is 4.80. The van der Waals surface area contributed by atoms with Gasteiger partial charge in [-0.25, -0.2) is 8.42 Å². The topological polar surface area (TPSA) is 110 Å². The SMILES string of the molecule is O=C(NC1CCN(S(=O)(=O)c2ccccc2[N+](=O)[O-])C1)C(F)(F)F. The Morgan fingerprint density at radius 3 is 2.54 bits per heavy atom. The van der Waals surface area contributed by atoms with Gasteiger partial charge in [0.1, 0.15) is 0 Å². The van der Waals surface area contributed by atoms with E-state index in [-0.39, 0.29) is 13.0 Å². The molecule has 1 N–H and O–H groups in total. The number of nitro benzene ring substituents is 1. The Hall–Kier alpha value is -2.21. The van der Waals surface area contributed by atoms with Crippen molar-refractivity contribution in [2.45, 2.75) is 23.5 Å². The molecule has 0 spiro atoms. The number of alkyl halides is 3. The highest BCUT2D eigenvalue weighted by molar-refractivity contribution is 7.89. The average Bonchev–Trinajstić information content (AvgIpc) is 2.95. The summed E-state index contributed by atoms with van der Waals surface area (Å²) in [6.07, 6.45) is -5.09. The lowest BCUT2D eigenvalue weighted by Gasteiger charge is -2.17. The van der Waals surface area contributed by atoms with E-state index < -0.39 is 50.2 Å². The molecule has 8 nitrogen and oxygen atoms in total. The summed E-state index contributed by atoms with van der Waals surface area (Å²) in [7, 11) is -4.26. The Balaban J connectivity index is 2.19. The summed E-state index contributed by atoms with van der Waals surface area (Å²) in [5.74, 6) is -2.16. The van der Waals surface area contributed by atoms with E-state index in [2.05, 4.69) is 0 Å². The van der Waals surface area contributed by atoms with Crippen molar-refractivity contribution in [2.24, 2.45) is 0 Å². The number of sulfonamides is 1. The van der Waals surface area contributed by atoms with Crippen LogP contribution in [0.15, 0.2) is 29.2 Å². The van der Waals surface area contributed by atoms with Crippen LogP contribution in [-0.4, -0.2) is 48.9 Å². The molecule has 0 bridgehead atoms. The van der Waals surface area contributed by atoms with E-state index in [9.17, 15) is 36.5 Å². The molecular formula is C12H12F3N3O5S. The van der Waals surface area contributed by atoms with Crippen LogP contribution in [0.3, 0.4) is 0 Å². The highest BCUT2D eigenvalue weighted by atomic mass is 32.2. The number of nitro groups is 1. The fourth-order valence-corrected chi connectivity index (χ4v) is 3.95. The fraction of sp³-hybridized carbons (Fsp3) is 0.417. The fourth-order valence-electron chi connectivity index (χ4n) is 2.30. The van der Waals surface area contributed by atoms with Crippen LogP contribution in [0.1, 0.15) is 6.42 Å². The van der Waals surface area contributed by atoms with Gasteiger partial charge in [0.05, 0.1) is 4.92 Å². The smallest absolute Gasteiger partial charge is 0.344 e. The average molecular weight is 367 g/mol. The predicted molar refractivity (Wildman–Crippen MR) is 74.5 cm³/mol. The second-order valence-corrected chi connectivity index (χ2v) is 6.95. The Morgan fingerprint density at radius 1 is 1.33 bits per heavy atom. The monoisotopic (exact) mass is 367 g/mol. The van der Waals surface area contributed by atoms with E-state index >= 15 is 0 Å². The Labute approximate surface area is 134 Å². The number of hydrogen-bond donors (Lipinski definition) is 1. The zero-order valence-electron chi connectivity index (χ0n) is 12.0. The van der Waals surface area contributed by atoms with E-state index in [1.54, 1.807) is 5.32 Å². The zero-order chi connectivity index (χ0) is 18.1. The van der Waals surface area contributed by atoms with Crippen molar-refractivity contribution in [3.05, 3.63) is 34.4 Å². The van der Waals surface area contributed by atoms with Crippen LogP contribution in [0, 0.1) is 10.1 Å². The number of nitrogens with one attached hydrogen (secondary N) is 1. The highest BCUT2D eigenvalue weighted by Gasteiger charge is 2.42. The van der Waals surface area contributed by atoms with Gasteiger partial charge in [-0.3, -0.25) is 14.9 Å². The second-order valence-electron chi connectivity index (χ2n) is 5.04. The number of nitrogens with zero attached hydrogens (tertiary/aromatic N) is 2. The summed E-state index contributed by atoms with van der Waals surface area (Å²) in [6, 6.07) is 3.66. The van der Waals surface area contributed by atoms with Gasteiger partial charge < -0.3 is 5.32 Å². The van der Waals surface area contributed by atoms with Crippen LogP contribution in [0.4, 0.5) is 18.9 Å². The summed E-state index contributed by atoms with van der Waals surface area (Å²) < 4.78 is 62.4. The van der Waals surface area contributed by atoms with Crippen molar-refractivity contribution in [3.63, 3.8) is 0 Å². The van der Waals surface area contributed by atoms with Gasteiger partial charge in [-0.1, -0.05) is 12.1 Å².